The number of anilines is 1. The summed E-state index contributed by atoms with van der Waals surface area (Å²) in [5.74, 6) is 0.257. The van der Waals surface area contributed by atoms with Crippen molar-refractivity contribution in [3.8, 4) is 0 Å². The van der Waals surface area contributed by atoms with Gasteiger partial charge in [-0.1, -0.05) is 11.6 Å². The van der Waals surface area contributed by atoms with E-state index in [1.807, 2.05) is 6.92 Å². The second-order valence-corrected chi connectivity index (χ2v) is 7.73. The van der Waals surface area contributed by atoms with E-state index in [0.717, 1.165) is 5.56 Å². The number of hydrogen-bond donors (Lipinski definition) is 1. The monoisotopic (exact) mass is 388 g/mol. The van der Waals surface area contributed by atoms with Crippen LogP contribution in [0.5, 0.6) is 0 Å². The van der Waals surface area contributed by atoms with Gasteiger partial charge in [-0.2, -0.15) is 0 Å². The van der Waals surface area contributed by atoms with Crippen LogP contribution in [-0.2, 0) is 10.0 Å². The van der Waals surface area contributed by atoms with E-state index < -0.39 is 10.0 Å². The molecule has 112 valence electrons. The maximum Gasteiger partial charge on any atom is 0.263 e. The number of nitrogens with zero attached hydrogens (tertiary/aromatic N) is 1. The summed E-state index contributed by atoms with van der Waals surface area (Å²) >= 11 is 9.31. The molecule has 0 atom stereocenters. The Bertz CT molecular complexity index is 807. The summed E-state index contributed by atoms with van der Waals surface area (Å²) in [5, 5.41) is 0.543. The van der Waals surface area contributed by atoms with Crippen molar-refractivity contribution in [2.75, 3.05) is 4.72 Å². The third-order valence-corrected chi connectivity index (χ3v) is 5.45. The lowest BCUT2D eigenvalue weighted by atomic mass is 10.2. The zero-order valence-electron chi connectivity index (χ0n) is 11.7. The summed E-state index contributed by atoms with van der Waals surface area (Å²) in [6.45, 7) is 5.35. The molecule has 0 unspecified atom stereocenters. The van der Waals surface area contributed by atoms with Gasteiger partial charge in [-0.25, -0.2) is 13.4 Å². The van der Waals surface area contributed by atoms with E-state index in [1.54, 1.807) is 38.2 Å². The number of halogens is 2. The molecule has 0 aliphatic heterocycles. The quantitative estimate of drug-likeness (QED) is 0.855. The third kappa shape index (κ3) is 3.56. The van der Waals surface area contributed by atoms with Crippen LogP contribution in [0, 0.1) is 20.8 Å². The SMILES string of the molecule is Cc1cnc(NS(=O)(=O)c2cc(C)c(Cl)cc2C)c(Br)c1. The number of aromatic nitrogens is 1. The van der Waals surface area contributed by atoms with Crippen LogP contribution in [0.2, 0.25) is 5.02 Å². The Morgan fingerprint density at radius 2 is 1.81 bits per heavy atom. The number of hydrogen-bond acceptors (Lipinski definition) is 3. The van der Waals surface area contributed by atoms with Crippen LogP contribution in [0.25, 0.3) is 0 Å². The highest BCUT2D eigenvalue weighted by atomic mass is 79.9. The molecular formula is C14H14BrClN2O2S. The molecule has 0 saturated carbocycles. The molecule has 0 fully saturated rings. The summed E-state index contributed by atoms with van der Waals surface area (Å²) in [4.78, 5) is 4.29. The molecule has 2 aromatic rings. The Morgan fingerprint density at radius 1 is 1.14 bits per heavy atom. The summed E-state index contributed by atoms with van der Waals surface area (Å²) in [6, 6.07) is 5.00. The van der Waals surface area contributed by atoms with Crippen molar-refractivity contribution < 1.29 is 8.42 Å². The second-order valence-electron chi connectivity index (χ2n) is 4.82. The summed E-state index contributed by atoms with van der Waals surface area (Å²) in [5.41, 5.74) is 2.23. The van der Waals surface area contributed by atoms with Crippen molar-refractivity contribution in [1.82, 2.24) is 4.98 Å². The first-order valence-electron chi connectivity index (χ1n) is 6.12. The predicted molar refractivity (Wildman–Crippen MR) is 88.4 cm³/mol. The lowest BCUT2D eigenvalue weighted by molar-refractivity contribution is 0.600. The predicted octanol–water partition coefficient (Wildman–Crippen LogP) is 4.22. The van der Waals surface area contributed by atoms with Crippen LogP contribution >= 0.6 is 27.5 Å². The van der Waals surface area contributed by atoms with E-state index in [9.17, 15) is 8.42 Å². The average molecular weight is 390 g/mol. The molecule has 0 radical (unpaired) electrons. The fourth-order valence-corrected chi connectivity index (χ4v) is 4.09. The average Bonchev–Trinajstić information content (AvgIpc) is 2.37. The molecule has 1 N–H and O–H groups in total. The number of aryl methyl sites for hydroxylation is 3. The van der Waals surface area contributed by atoms with Crippen molar-refractivity contribution in [2.45, 2.75) is 25.7 Å². The van der Waals surface area contributed by atoms with Gasteiger partial charge < -0.3 is 0 Å². The van der Waals surface area contributed by atoms with Gasteiger partial charge >= 0.3 is 0 Å². The molecule has 1 aromatic heterocycles. The van der Waals surface area contributed by atoms with Gasteiger partial charge in [0.05, 0.1) is 9.37 Å². The molecule has 1 heterocycles. The highest BCUT2D eigenvalue weighted by molar-refractivity contribution is 9.10. The van der Waals surface area contributed by atoms with Gasteiger partial charge in [-0.3, -0.25) is 4.72 Å². The second kappa shape index (κ2) is 5.94. The third-order valence-electron chi connectivity index (χ3n) is 2.95. The van der Waals surface area contributed by atoms with Crippen molar-refractivity contribution in [1.29, 1.82) is 0 Å². The maximum absolute atomic E-state index is 12.5. The van der Waals surface area contributed by atoms with Crippen molar-refractivity contribution in [3.05, 3.63) is 50.6 Å². The van der Waals surface area contributed by atoms with Crippen LogP contribution < -0.4 is 4.72 Å². The molecule has 0 saturated heterocycles. The van der Waals surface area contributed by atoms with E-state index in [-0.39, 0.29) is 10.7 Å². The maximum atomic E-state index is 12.5. The van der Waals surface area contributed by atoms with Crippen LogP contribution in [0.4, 0.5) is 5.82 Å². The molecular weight excluding hydrogens is 376 g/mol. The lowest BCUT2D eigenvalue weighted by Crippen LogP contribution is -2.16. The molecule has 2 rings (SSSR count). The molecule has 0 aliphatic rings. The first kappa shape index (κ1) is 16.3. The first-order valence-corrected chi connectivity index (χ1v) is 8.78. The van der Waals surface area contributed by atoms with Gasteiger partial charge in [-0.15, -0.1) is 0 Å². The van der Waals surface area contributed by atoms with Crippen molar-refractivity contribution >= 4 is 43.4 Å². The fraction of sp³-hybridized carbons (Fsp3) is 0.214. The van der Waals surface area contributed by atoms with Crippen molar-refractivity contribution in [3.63, 3.8) is 0 Å². The van der Waals surface area contributed by atoms with E-state index in [4.69, 9.17) is 11.6 Å². The largest absolute Gasteiger partial charge is 0.263 e. The van der Waals surface area contributed by atoms with E-state index >= 15 is 0 Å². The van der Waals surface area contributed by atoms with E-state index in [1.165, 1.54) is 0 Å². The van der Waals surface area contributed by atoms with E-state index in [0.29, 0.717) is 20.6 Å². The molecule has 0 spiro atoms. The number of benzene rings is 1. The van der Waals surface area contributed by atoms with Gasteiger partial charge in [0.1, 0.15) is 0 Å². The molecule has 21 heavy (non-hydrogen) atoms. The first-order chi connectivity index (χ1) is 9.70. The summed E-state index contributed by atoms with van der Waals surface area (Å²) in [6.07, 6.45) is 1.60. The topological polar surface area (TPSA) is 59.1 Å². The van der Waals surface area contributed by atoms with Crippen LogP contribution in [0.3, 0.4) is 0 Å². The van der Waals surface area contributed by atoms with Gasteiger partial charge in [0.2, 0.25) is 0 Å². The number of pyridine rings is 1. The normalized spacial score (nSPS) is 11.5. The minimum atomic E-state index is -3.72. The highest BCUT2D eigenvalue weighted by Gasteiger charge is 2.20. The zero-order chi connectivity index (χ0) is 15.8. The highest BCUT2D eigenvalue weighted by Crippen LogP contribution is 2.27. The number of nitrogens with one attached hydrogen (secondary N) is 1. The standard InChI is InChI=1S/C14H14BrClN2O2S/c1-8-4-11(15)14(17-7-8)18-21(19,20)13-6-9(2)12(16)5-10(13)3/h4-7H,1-3H3,(H,17,18). The number of rotatable bonds is 3. The Labute approximate surface area is 137 Å². The minimum Gasteiger partial charge on any atom is -0.262 e. The van der Waals surface area contributed by atoms with Crippen LogP contribution in [0.1, 0.15) is 16.7 Å². The van der Waals surface area contributed by atoms with Crippen LogP contribution in [0.15, 0.2) is 33.8 Å². The van der Waals surface area contributed by atoms with E-state index in [2.05, 4.69) is 25.6 Å². The minimum absolute atomic E-state index is 0.193. The summed E-state index contributed by atoms with van der Waals surface area (Å²) < 4.78 is 28.1. The molecule has 4 nitrogen and oxygen atoms in total. The molecule has 0 amide bonds. The van der Waals surface area contributed by atoms with Gasteiger partial charge in [0.25, 0.3) is 10.0 Å². The van der Waals surface area contributed by atoms with Gasteiger partial charge in [0.15, 0.2) is 5.82 Å². The summed E-state index contributed by atoms with van der Waals surface area (Å²) in [7, 11) is -3.72. The Hall–Kier alpha value is -1.11. The lowest BCUT2D eigenvalue weighted by Gasteiger charge is -2.12. The molecule has 1 aromatic carbocycles. The zero-order valence-corrected chi connectivity index (χ0v) is 14.9. The molecule has 7 heteroatoms. The van der Waals surface area contributed by atoms with Gasteiger partial charge in [0, 0.05) is 11.2 Å². The smallest absolute Gasteiger partial charge is 0.262 e. The Morgan fingerprint density at radius 3 is 2.43 bits per heavy atom. The fourth-order valence-electron chi connectivity index (χ4n) is 1.83. The number of sulfonamides is 1. The van der Waals surface area contributed by atoms with Crippen molar-refractivity contribution in [2.24, 2.45) is 0 Å². The Balaban J connectivity index is 2.46. The molecule has 0 aliphatic carbocycles. The Kier molecular flexibility index (Phi) is 4.60. The molecule has 0 bridgehead atoms. The van der Waals surface area contributed by atoms with Gasteiger partial charge in [-0.05, 0) is 71.6 Å². The van der Waals surface area contributed by atoms with Crippen LogP contribution in [-0.4, -0.2) is 13.4 Å².